The molecule has 3 heterocycles. The maximum Gasteiger partial charge on any atom is 0.420 e. The number of fused-ring (bicyclic) bond motifs is 2. The van der Waals surface area contributed by atoms with E-state index >= 15 is 0 Å². The number of esters is 1. The summed E-state index contributed by atoms with van der Waals surface area (Å²) >= 11 is 0. The molecule has 0 atom stereocenters. The summed E-state index contributed by atoms with van der Waals surface area (Å²) in [5.41, 5.74) is 0.814. The number of hydrogen-bond acceptors (Lipinski definition) is 7. The van der Waals surface area contributed by atoms with E-state index in [9.17, 15) is 9.59 Å². The first-order valence-corrected chi connectivity index (χ1v) is 13.7. The highest BCUT2D eigenvalue weighted by molar-refractivity contribution is 5.87. The third-order valence-electron chi connectivity index (χ3n) is 7.03. The van der Waals surface area contributed by atoms with Crippen molar-refractivity contribution < 1.29 is 19.1 Å². The first kappa shape index (κ1) is 26.9. The van der Waals surface area contributed by atoms with Crippen molar-refractivity contribution in [2.75, 3.05) is 19.7 Å². The maximum absolute atomic E-state index is 13.4. The van der Waals surface area contributed by atoms with Gasteiger partial charge < -0.3 is 14.0 Å². The number of carbonyl (C=O) groups excluding carboxylic acids is 2. The fourth-order valence-electron chi connectivity index (χ4n) is 5.20. The Balaban J connectivity index is 1.49. The molecular weight excluding hydrogens is 494 g/mol. The molecule has 1 saturated heterocycles. The normalized spacial score (nSPS) is 16.3. The number of carbonyl (C=O) groups is 2. The molecule has 2 aromatic heterocycles. The topological polar surface area (TPSA) is 91.5 Å². The van der Waals surface area contributed by atoms with Crippen molar-refractivity contribution in [1.29, 1.82) is 0 Å². The van der Waals surface area contributed by atoms with E-state index in [2.05, 4.69) is 27.7 Å². The second-order valence-electron chi connectivity index (χ2n) is 11.1. The Morgan fingerprint density at radius 3 is 2.56 bits per heavy atom. The van der Waals surface area contributed by atoms with E-state index in [1.807, 2.05) is 58.0 Å². The molecule has 3 aromatic rings. The molecule has 1 aromatic carbocycles. The van der Waals surface area contributed by atoms with Gasteiger partial charge in [-0.1, -0.05) is 30.4 Å². The summed E-state index contributed by atoms with van der Waals surface area (Å²) in [5, 5.41) is 1.92. The van der Waals surface area contributed by atoms with Gasteiger partial charge in [-0.25, -0.2) is 19.3 Å². The van der Waals surface area contributed by atoms with Gasteiger partial charge in [-0.3, -0.25) is 9.69 Å². The Labute approximate surface area is 228 Å². The Bertz CT molecular complexity index is 1520. The van der Waals surface area contributed by atoms with Crippen molar-refractivity contribution in [1.82, 2.24) is 24.0 Å². The molecule has 1 fully saturated rings. The van der Waals surface area contributed by atoms with E-state index in [1.54, 1.807) is 4.57 Å². The minimum absolute atomic E-state index is 0.0433. The average Bonchev–Trinajstić information content (AvgIpc) is 3.31. The zero-order chi connectivity index (χ0) is 27.6. The lowest BCUT2D eigenvalue weighted by Gasteiger charge is -2.30. The largest absolute Gasteiger partial charge is 0.466 e. The van der Waals surface area contributed by atoms with Crippen molar-refractivity contribution in [3.63, 3.8) is 0 Å². The number of para-hydroxylation sites is 2. The van der Waals surface area contributed by atoms with Crippen molar-refractivity contribution >= 4 is 35.2 Å². The van der Waals surface area contributed by atoms with Crippen molar-refractivity contribution in [3.8, 4) is 0 Å². The molecule has 39 heavy (non-hydrogen) atoms. The summed E-state index contributed by atoms with van der Waals surface area (Å²) in [6.07, 6.45) is 10.2. The number of rotatable bonds is 6. The van der Waals surface area contributed by atoms with E-state index in [-0.39, 0.29) is 11.9 Å². The van der Waals surface area contributed by atoms with Gasteiger partial charge in [0.1, 0.15) is 17.2 Å². The number of benzene rings is 1. The van der Waals surface area contributed by atoms with Gasteiger partial charge in [-0.2, -0.15) is 0 Å². The van der Waals surface area contributed by atoms with Crippen LogP contribution in [0.4, 0.5) is 4.79 Å². The summed E-state index contributed by atoms with van der Waals surface area (Å²) in [6.45, 7) is 10.4. The van der Waals surface area contributed by atoms with Crippen molar-refractivity contribution in [2.45, 2.75) is 65.6 Å². The van der Waals surface area contributed by atoms with Gasteiger partial charge in [-0.05, 0) is 78.3 Å². The van der Waals surface area contributed by atoms with Gasteiger partial charge in [0.15, 0.2) is 0 Å². The molecule has 9 nitrogen and oxygen atoms in total. The zero-order valence-corrected chi connectivity index (χ0v) is 23.2. The highest BCUT2D eigenvalue weighted by Gasteiger charge is 2.28. The second-order valence-corrected chi connectivity index (χ2v) is 11.1. The minimum Gasteiger partial charge on any atom is -0.466 e. The van der Waals surface area contributed by atoms with Crippen LogP contribution in [0.1, 0.15) is 58.6 Å². The Hall–Kier alpha value is -3.72. The molecule has 0 spiro atoms. The van der Waals surface area contributed by atoms with Crippen LogP contribution in [-0.4, -0.2) is 61.4 Å². The van der Waals surface area contributed by atoms with E-state index < -0.39 is 11.7 Å². The fourth-order valence-corrected chi connectivity index (χ4v) is 5.20. The summed E-state index contributed by atoms with van der Waals surface area (Å²) in [7, 11) is 0. The predicted molar refractivity (Wildman–Crippen MR) is 149 cm³/mol. The Morgan fingerprint density at radius 2 is 1.82 bits per heavy atom. The number of ether oxygens (including phenoxy) is 2. The molecule has 0 bridgehead atoms. The van der Waals surface area contributed by atoms with Crippen LogP contribution in [0.3, 0.4) is 0 Å². The Kier molecular flexibility index (Phi) is 7.70. The van der Waals surface area contributed by atoms with Crippen molar-refractivity contribution in [2.24, 2.45) is 5.92 Å². The number of allylic oxidation sites excluding steroid dienone is 2. The van der Waals surface area contributed by atoms with Crippen LogP contribution in [0.25, 0.3) is 23.2 Å². The van der Waals surface area contributed by atoms with E-state index in [0.29, 0.717) is 31.0 Å². The third-order valence-corrected chi connectivity index (χ3v) is 7.03. The van der Waals surface area contributed by atoms with Gasteiger partial charge in [0.05, 0.1) is 47.3 Å². The van der Waals surface area contributed by atoms with Crippen LogP contribution in [-0.2, 0) is 27.4 Å². The van der Waals surface area contributed by atoms with Gasteiger partial charge in [0.25, 0.3) is 0 Å². The molecule has 0 saturated carbocycles. The molecule has 206 valence electrons. The van der Waals surface area contributed by atoms with Crippen LogP contribution in [0.2, 0.25) is 0 Å². The molecule has 0 unspecified atom stereocenters. The monoisotopic (exact) mass is 531 g/mol. The molecule has 0 N–H and O–H groups in total. The fraction of sp³-hybridized carbons (Fsp3) is 0.467. The highest BCUT2D eigenvalue weighted by Crippen LogP contribution is 2.22. The summed E-state index contributed by atoms with van der Waals surface area (Å²) in [6, 6.07) is 7.62. The molecule has 0 amide bonds. The molecule has 9 heteroatoms. The average molecular weight is 532 g/mol. The molecule has 1 aliphatic heterocycles. The van der Waals surface area contributed by atoms with E-state index in [4.69, 9.17) is 19.4 Å². The smallest absolute Gasteiger partial charge is 0.420 e. The van der Waals surface area contributed by atoms with Crippen LogP contribution in [0, 0.1) is 5.92 Å². The zero-order valence-electron chi connectivity index (χ0n) is 23.2. The summed E-state index contributed by atoms with van der Waals surface area (Å²) in [4.78, 5) is 37.8. The van der Waals surface area contributed by atoms with Crippen LogP contribution < -0.4 is 10.7 Å². The maximum atomic E-state index is 13.4. The second kappa shape index (κ2) is 11.2. The lowest BCUT2D eigenvalue weighted by atomic mass is 9.97. The molecule has 0 radical (unpaired) electrons. The summed E-state index contributed by atoms with van der Waals surface area (Å²) < 4.78 is 14.7. The van der Waals surface area contributed by atoms with Gasteiger partial charge in [0.2, 0.25) is 0 Å². The standard InChI is InChI=1S/C30H37N5O4/c1-5-38-28(36)21-15-17-33(18-16-21)19-26-31-22-11-7-6-8-13-24(22)34(26)20-27-32-23-12-9-10-14-25(23)35(27)29(37)39-30(2,3)4/h6,8-14,21H,5,7,15-20H2,1-4H3. The first-order chi connectivity index (χ1) is 18.7. The molecular formula is C30H37N5O4. The molecule has 1 aliphatic carbocycles. The van der Waals surface area contributed by atoms with Gasteiger partial charge in [-0.15, -0.1) is 0 Å². The van der Waals surface area contributed by atoms with Gasteiger partial charge in [0, 0.05) is 0 Å². The summed E-state index contributed by atoms with van der Waals surface area (Å²) in [5.74, 6) is 1.36. The molecule has 2 aliphatic rings. The number of imidazole rings is 2. The number of nitrogens with zero attached hydrogens (tertiary/aromatic N) is 5. The number of piperidine rings is 1. The highest BCUT2D eigenvalue weighted by atomic mass is 16.6. The van der Waals surface area contributed by atoms with Crippen LogP contribution in [0.5, 0.6) is 0 Å². The number of aromatic nitrogens is 4. The van der Waals surface area contributed by atoms with Crippen LogP contribution in [0.15, 0.2) is 36.4 Å². The predicted octanol–water partition coefficient (Wildman–Crippen LogP) is 3.36. The minimum atomic E-state index is -0.639. The first-order valence-electron chi connectivity index (χ1n) is 13.7. The molecule has 5 rings (SSSR count). The van der Waals surface area contributed by atoms with Crippen molar-refractivity contribution in [3.05, 3.63) is 58.8 Å². The third kappa shape index (κ3) is 5.98. The Morgan fingerprint density at radius 1 is 1.05 bits per heavy atom. The number of likely N-dealkylation sites (tertiary alicyclic amines) is 1. The quantitative estimate of drug-likeness (QED) is 0.451. The lowest BCUT2D eigenvalue weighted by molar-refractivity contribution is -0.149. The number of hydrogen-bond donors (Lipinski definition) is 0. The van der Waals surface area contributed by atoms with Crippen LogP contribution >= 0.6 is 0 Å². The lowest BCUT2D eigenvalue weighted by Crippen LogP contribution is -2.37. The van der Waals surface area contributed by atoms with Gasteiger partial charge >= 0.3 is 12.1 Å². The van der Waals surface area contributed by atoms with E-state index in [0.717, 1.165) is 54.4 Å². The van der Waals surface area contributed by atoms with E-state index in [1.165, 1.54) is 0 Å². The SMILES string of the molecule is CCOC(=O)C1CCN(Cc2nc3c(n2Cc2nc4ccccc4n2C(=O)OC(C)(C)C)=CC=CCC=3)CC1.